The number of hydroxylamine groups is 2. The van der Waals surface area contributed by atoms with Crippen molar-refractivity contribution in [2.75, 3.05) is 33.9 Å². The Morgan fingerprint density at radius 3 is 2.80 bits per heavy atom. The van der Waals surface area contributed by atoms with Gasteiger partial charge >= 0.3 is 6.16 Å². The molecule has 1 amide bonds. The molecule has 0 radical (unpaired) electrons. The normalized spacial score (nSPS) is 26.2. The molecule has 2 atom stereocenters. The van der Waals surface area contributed by atoms with Crippen molar-refractivity contribution in [3.05, 3.63) is 12.2 Å². The van der Waals surface area contributed by atoms with Crippen LogP contribution in [-0.4, -0.2) is 73.8 Å². The number of hydrogen-bond donors (Lipinski definition) is 0. The molecule has 20 heavy (non-hydrogen) atoms. The first-order chi connectivity index (χ1) is 9.47. The molecular formula is C12H16N2O6. The maximum Gasteiger partial charge on any atom is 0.533 e. The first-order valence-electron chi connectivity index (χ1n) is 6.12. The largest absolute Gasteiger partial charge is 0.533 e. The Hall–Kier alpha value is -1.93. The highest BCUT2D eigenvalue weighted by molar-refractivity contribution is 6.04. The highest BCUT2D eigenvalue weighted by atomic mass is 16.8. The van der Waals surface area contributed by atoms with E-state index in [4.69, 9.17) is 14.3 Å². The topological polar surface area (TPSA) is 85.4 Å². The third-order valence-electron chi connectivity index (χ3n) is 3.05. The summed E-state index contributed by atoms with van der Waals surface area (Å²) in [5, 5.41) is 0.672. The number of carbonyl (C=O) groups excluding carboxylic acids is 3. The molecule has 1 saturated heterocycles. The summed E-state index contributed by atoms with van der Waals surface area (Å²) in [7, 11) is 3.69. The average Bonchev–Trinajstić information content (AvgIpc) is 2.82. The lowest BCUT2D eigenvalue weighted by Gasteiger charge is -2.25. The molecule has 2 unspecified atom stereocenters. The summed E-state index contributed by atoms with van der Waals surface area (Å²) >= 11 is 0. The first kappa shape index (κ1) is 14.5. The van der Waals surface area contributed by atoms with Crippen molar-refractivity contribution in [1.82, 2.24) is 9.96 Å². The van der Waals surface area contributed by atoms with Crippen LogP contribution >= 0.6 is 0 Å². The Balaban J connectivity index is 1.88. The van der Waals surface area contributed by atoms with Crippen molar-refractivity contribution in [3.63, 3.8) is 0 Å². The van der Waals surface area contributed by atoms with Crippen molar-refractivity contribution < 1.29 is 28.7 Å². The second kappa shape index (κ2) is 6.02. The quantitative estimate of drug-likeness (QED) is 0.637. The maximum absolute atomic E-state index is 11.6. The molecule has 1 fully saturated rings. The summed E-state index contributed by atoms with van der Waals surface area (Å²) in [6, 6.07) is -0.0684. The molecule has 2 aliphatic heterocycles. The Morgan fingerprint density at radius 1 is 1.35 bits per heavy atom. The second-order valence-electron chi connectivity index (χ2n) is 4.74. The minimum absolute atomic E-state index is 0.0684. The van der Waals surface area contributed by atoms with Crippen LogP contribution < -0.4 is 0 Å². The molecule has 8 heteroatoms. The summed E-state index contributed by atoms with van der Waals surface area (Å²) < 4.78 is 10.4. The van der Waals surface area contributed by atoms with Crippen LogP contribution in [0.15, 0.2) is 12.2 Å². The van der Waals surface area contributed by atoms with Gasteiger partial charge in [-0.2, -0.15) is 5.06 Å². The summed E-state index contributed by atoms with van der Waals surface area (Å²) in [6.45, 7) is 0.419. The predicted octanol–water partition coefficient (Wildman–Crippen LogP) is -0.649. The molecule has 0 aromatic rings. The van der Waals surface area contributed by atoms with Gasteiger partial charge in [0.2, 0.25) is 0 Å². The highest BCUT2D eigenvalue weighted by Crippen LogP contribution is 2.15. The van der Waals surface area contributed by atoms with Crippen LogP contribution in [0.25, 0.3) is 0 Å². The van der Waals surface area contributed by atoms with Gasteiger partial charge in [0.1, 0.15) is 12.6 Å². The standard InChI is InChI=1S/C12H16N2O6/c1-13(2)9-6-18-7-10(9)19-12(17)20-14-5-8(15)3-4-11(14)16/h3-4,9-10H,5-7H2,1-2H3. The molecular weight excluding hydrogens is 268 g/mol. The van der Waals surface area contributed by atoms with E-state index < -0.39 is 18.2 Å². The SMILES string of the molecule is CN(C)C1COCC1OC(=O)ON1CC(=O)C=CC1=O. The van der Waals surface area contributed by atoms with Gasteiger partial charge in [0.15, 0.2) is 5.78 Å². The van der Waals surface area contributed by atoms with Crippen LogP contribution in [0.1, 0.15) is 0 Å². The van der Waals surface area contributed by atoms with E-state index in [2.05, 4.69) is 0 Å². The van der Waals surface area contributed by atoms with Gasteiger partial charge in [0.25, 0.3) is 5.91 Å². The van der Waals surface area contributed by atoms with E-state index in [1.807, 2.05) is 19.0 Å². The lowest BCUT2D eigenvalue weighted by atomic mass is 10.2. The predicted molar refractivity (Wildman–Crippen MR) is 65.5 cm³/mol. The molecule has 8 nitrogen and oxygen atoms in total. The van der Waals surface area contributed by atoms with Gasteiger partial charge in [-0.1, -0.05) is 0 Å². The fourth-order valence-corrected chi connectivity index (χ4v) is 1.95. The van der Waals surface area contributed by atoms with E-state index >= 15 is 0 Å². The number of ether oxygens (including phenoxy) is 2. The smallest absolute Gasteiger partial charge is 0.425 e. The van der Waals surface area contributed by atoms with Gasteiger partial charge in [-0.15, -0.1) is 0 Å². The Bertz CT molecular complexity index is 447. The molecule has 0 aromatic carbocycles. The Labute approximate surface area is 115 Å². The van der Waals surface area contributed by atoms with E-state index in [0.717, 1.165) is 12.2 Å². The third-order valence-corrected chi connectivity index (χ3v) is 3.05. The van der Waals surface area contributed by atoms with E-state index in [9.17, 15) is 14.4 Å². The summed E-state index contributed by atoms with van der Waals surface area (Å²) in [6.07, 6.45) is 0.688. The van der Waals surface area contributed by atoms with E-state index in [1.54, 1.807) is 0 Å². The fourth-order valence-electron chi connectivity index (χ4n) is 1.95. The Kier molecular flexibility index (Phi) is 4.35. The van der Waals surface area contributed by atoms with E-state index in [0.29, 0.717) is 11.7 Å². The number of likely N-dealkylation sites (N-methyl/N-ethyl adjacent to an activating group) is 1. The zero-order chi connectivity index (χ0) is 14.7. The van der Waals surface area contributed by atoms with Gasteiger partial charge in [0, 0.05) is 6.08 Å². The third kappa shape index (κ3) is 3.34. The number of amides is 1. The van der Waals surface area contributed by atoms with Gasteiger partial charge < -0.3 is 19.2 Å². The minimum atomic E-state index is -1.02. The number of rotatable bonds is 3. The van der Waals surface area contributed by atoms with Gasteiger partial charge in [0.05, 0.1) is 19.3 Å². The number of nitrogens with zero attached hydrogens (tertiary/aromatic N) is 2. The first-order valence-corrected chi connectivity index (χ1v) is 6.12. The zero-order valence-corrected chi connectivity index (χ0v) is 11.3. The molecule has 0 aliphatic carbocycles. The molecule has 2 rings (SSSR count). The van der Waals surface area contributed by atoms with Gasteiger partial charge in [-0.25, -0.2) is 4.79 Å². The summed E-state index contributed by atoms with van der Waals surface area (Å²) in [5.41, 5.74) is 0. The number of ketones is 1. The van der Waals surface area contributed by atoms with Gasteiger partial charge in [-0.3, -0.25) is 9.59 Å². The molecule has 0 bridgehead atoms. The molecule has 110 valence electrons. The van der Waals surface area contributed by atoms with E-state index in [-0.39, 0.29) is 25.0 Å². The van der Waals surface area contributed by atoms with Crippen molar-refractivity contribution in [1.29, 1.82) is 0 Å². The lowest BCUT2D eigenvalue weighted by Crippen LogP contribution is -2.43. The van der Waals surface area contributed by atoms with Crippen molar-refractivity contribution in [2.45, 2.75) is 12.1 Å². The second-order valence-corrected chi connectivity index (χ2v) is 4.74. The summed E-state index contributed by atoms with van der Waals surface area (Å²) in [5.74, 6) is -0.902. The van der Waals surface area contributed by atoms with Crippen molar-refractivity contribution in [2.24, 2.45) is 0 Å². The zero-order valence-electron chi connectivity index (χ0n) is 11.3. The number of carbonyl (C=O) groups is 3. The monoisotopic (exact) mass is 284 g/mol. The molecule has 0 spiro atoms. The molecule has 2 heterocycles. The Morgan fingerprint density at radius 2 is 2.10 bits per heavy atom. The average molecular weight is 284 g/mol. The van der Waals surface area contributed by atoms with Crippen LogP contribution in [0.3, 0.4) is 0 Å². The fraction of sp³-hybridized carbons (Fsp3) is 0.583. The molecule has 2 aliphatic rings. The molecule has 0 saturated carbocycles. The van der Waals surface area contributed by atoms with Crippen molar-refractivity contribution >= 4 is 17.8 Å². The lowest BCUT2D eigenvalue weighted by molar-refractivity contribution is -0.173. The maximum atomic E-state index is 11.6. The molecule has 0 N–H and O–H groups in total. The summed E-state index contributed by atoms with van der Waals surface area (Å²) in [4.78, 5) is 40.8. The van der Waals surface area contributed by atoms with Crippen molar-refractivity contribution in [3.8, 4) is 0 Å². The van der Waals surface area contributed by atoms with Gasteiger partial charge in [-0.05, 0) is 20.2 Å². The van der Waals surface area contributed by atoms with E-state index in [1.165, 1.54) is 0 Å². The van der Waals surface area contributed by atoms with Crippen LogP contribution in [0, 0.1) is 0 Å². The van der Waals surface area contributed by atoms with Crippen LogP contribution in [0.2, 0.25) is 0 Å². The minimum Gasteiger partial charge on any atom is -0.425 e. The van der Waals surface area contributed by atoms with Crippen LogP contribution in [-0.2, 0) is 23.9 Å². The van der Waals surface area contributed by atoms with Crippen LogP contribution in [0.4, 0.5) is 4.79 Å². The number of hydrogen-bond acceptors (Lipinski definition) is 7. The highest BCUT2D eigenvalue weighted by Gasteiger charge is 2.34. The van der Waals surface area contributed by atoms with Crippen LogP contribution in [0.5, 0.6) is 0 Å². The molecule has 0 aromatic heterocycles.